The molecular formula is C20H17IN2O6. The number of esters is 2. The van der Waals surface area contributed by atoms with Crippen LogP contribution in [0.1, 0.15) is 38.1 Å². The average Bonchev–Trinajstić information content (AvgIpc) is 3.08. The van der Waals surface area contributed by atoms with E-state index in [9.17, 15) is 14.4 Å². The first kappa shape index (κ1) is 20.8. The van der Waals surface area contributed by atoms with Crippen LogP contribution in [-0.4, -0.2) is 28.8 Å². The Balaban J connectivity index is 2.05. The maximum absolute atomic E-state index is 12.1. The Morgan fingerprint density at radius 2 is 1.72 bits per heavy atom. The van der Waals surface area contributed by atoms with Crippen LogP contribution in [0, 0.1) is 3.57 Å². The molecule has 1 heterocycles. The highest BCUT2D eigenvalue weighted by atomic mass is 127. The molecule has 0 aromatic heterocycles. The summed E-state index contributed by atoms with van der Waals surface area (Å²) in [5.74, 6) is -1.42. The first-order valence-corrected chi connectivity index (χ1v) is 9.65. The molecule has 29 heavy (non-hydrogen) atoms. The van der Waals surface area contributed by atoms with Gasteiger partial charge in [-0.25, -0.2) is 0 Å². The van der Waals surface area contributed by atoms with Gasteiger partial charge in [-0.15, -0.1) is 5.10 Å². The van der Waals surface area contributed by atoms with E-state index in [2.05, 4.69) is 27.7 Å². The fraction of sp³-hybridized carbons (Fsp3) is 0.200. The maximum atomic E-state index is 12.1. The number of ether oxygens (including phenoxy) is 3. The van der Waals surface area contributed by atoms with E-state index in [0.717, 1.165) is 9.13 Å². The lowest BCUT2D eigenvalue weighted by molar-refractivity contribution is -0.135. The van der Waals surface area contributed by atoms with E-state index in [0.29, 0.717) is 0 Å². The van der Waals surface area contributed by atoms with Crippen LogP contribution in [0.15, 0.2) is 47.6 Å². The molecule has 1 amide bonds. The molecule has 150 valence electrons. The zero-order valence-electron chi connectivity index (χ0n) is 15.8. The summed E-state index contributed by atoms with van der Waals surface area (Å²) in [6.07, 6.45) is -0.778. The molecule has 8 nitrogen and oxygen atoms in total. The lowest BCUT2D eigenvalue weighted by Gasteiger charge is -2.19. The SMILES string of the molecule is CC(=O)Oc1cccc(C2=NN(C(C)=O)[C@H](c3cccc(I)c3)O2)c1OC(C)=O. The molecule has 3 rings (SSSR count). The van der Waals surface area contributed by atoms with E-state index in [1.54, 1.807) is 12.1 Å². The molecule has 9 heteroatoms. The predicted molar refractivity (Wildman–Crippen MR) is 111 cm³/mol. The molecule has 2 aromatic rings. The largest absolute Gasteiger partial charge is 0.446 e. The molecule has 1 aliphatic heterocycles. The van der Waals surface area contributed by atoms with Crippen molar-refractivity contribution in [1.29, 1.82) is 0 Å². The number of carbonyl (C=O) groups is 3. The molecule has 1 aliphatic rings. The number of rotatable bonds is 4. The number of amides is 1. The van der Waals surface area contributed by atoms with Crippen LogP contribution in [0.4, 0.5) is 0 Å². The molecule has 0 unspecified atom stereocenters. The number of benzene rings is 2. The van der Waals surface area contributed by atoms with Gasteiger partial charge in [0, 0.05) is 29.9 Å². The molecule has 0 fully saturated rings. The highest BCUT2D eigenvalue weighted by Gasteiger charge is 2.35. The third-order valence-corrected chi connectivity index (χ3v) is 4.48. The van der Waals surface area contributed by atoms with Crippen LogP contribution < -0.4 is 9.47 Å². The van der Waals surface area contributed by atoms with E-state index in [1.165, 1.54) is 31.8 Å². The molecular weight excluding hydrogens is 491 g/mol. The number of hydrogen-bond donors (Lipinski definition) is 0. The van der Waals surface area contributed by atoms with Gasteiger partial charge in [0.25, 0.3) is 0 Å². The minimum Gasteiger partial charge on any atom is -0.446 e. The van der Waals surface area contributed by atoms with Gasteiger partial charge in [0.1, 0.15) is 0 Å². The normalized spacial score (nSPS) is 15.4. The second-order valence-electron chi connectivity index (χ2n) is 6.11. The standard InChI is InChI=1S/C20H17IN2O6/c1-11(24)23-20(14-6-4-7-15(21)10-14)29-19(22-23)16-8-5-9-17(27-12(2)25)18(16)28-13(3)26/h4-10,20H,1-3H3/t20-/m0/s1. The predicted octanol–water partition coefficient (Wildman–Crippen LogP) is 3.38. The van der Waals surface area contributed by atoms with E-state index >= 15 is 0 Å². The summed E-state index contributed by atoms with van der Waals surface area (Å²) < 4.78 is 17.3. The number of para-hydroxylation sites is 1. The Morgan fingerprint density at radius 1 is 1.03 bits per heavy atom. The fourth-order valence-electron chi connectivity index (χ4n) is 2.72. The van der Waals surface area contributed by atoms with Crippen LogP contribution in [0.3, 0.4) is 0 Å². The third kappa shape index (κ3) is 4.73. The van der Waals surface area contributed by atoms with Crippen molar-refractivity contribution in [1.82, 2.24) is 5.01 Å². The van der Waals surface area contributed by atoms with Crippen molar-refractivity contribution < 1.29 is 28.6 Å². The summed E-state index contributed by atoms with van der Waals surface area (Å²) in [7, 11) is 0. The topological polar surface area (TPSA) is 94.5 Å². The van der Waals surface area contributed by atoms with Crippen molar-refractivity contribution in [2.45, 2.75) is 27.0 Å². The van der Waals surface area contributed by atoms with Gasteiger partial charge in [-0.05, 0) is 46.9 Å². The molecule has 1 atom stereocenters. The van der Waals surface area contributed by atoms with E-state index in [-0.39, 0.29) is 28.9 Å². The summed E-state index contributed by atoms with van der Waals surface area (Å²) in [5.41, 5.74) is 1.01. The molecule has 2 aromatic carbocycles. The second kappa shape index (κ2) is 8.60. The third-order valence-electron chi connectivity index (χ3n) is 3.81. The first-order chi connectivity index (χ1) is 13.8. The van der Waals surface area contributed by atoms with Gasteiger partial charge in [0.05, 0.1) is 5.56 Å². The van der Waals surface area contributed by atoms with Crippen molar-refractivity contribution >= 4 is 46.3 Å². The fourth-order valence-corrected chi connectivity index (χ4v) is 3.29. The maximum Gasteiger partial charge on any atom is 0.308 e. The number of hydrazone groups is 1. The number of halogens is 1. The monoisotopic (exact) mass is 508 g/mol. The summed E-state index contributed by atoms with van der Waals surface area (Å²) >= 11 is 2.16. The Morgan fingerprint density at radius 3 is 2.34 bits per heavy atom. The van der Waals surface area contributed by atoms with Crippen molar-refractivity contribution in [2.24, 2.45) is 5.10 Å². The zero-order valence-corrected chi connectivity index (χ0v) is 18.0. The van der Waals surface area contributed by atoms with Crippen LogP contribution in [0.5, 0.6) is 11.5 Å². The molecule has 0 saturated heterocycles. The molecule has 0 saturated carbocycles. The summed E-state index contributed by atoms with van der Waals surface area (Å²) in [4.78, 5) is 35.2. The second-order valence-corrected chi connectivity index (χ2v) is 7.36. The van der Waals surface area contributed by atoms with Gasteiger partial charge in [0.15, 0.2) is 11.5 Å². The van der Waals surface area contributed by atoms with Crippen molar-refractivity contribution in [3.05, 3.63) is 57.2 Å². The Bertz CT molecular complexity index is 1020. The highest BCUT2D eigenvalue weighted by molar-refractivity contribution is 14.1. The molecule has 0 spiro atoms. The van der Waals surface area contributed by atoms with Gasteiger partial charge < -0.3 is 14.2 Å². The van der Waals surface area contributed by atoms with Crippen LogP contribution >= 0.6 is 22.6 Å². The van der Waals surface area contributed by atoms with E-state index in [4.69, 9.17) is 14.2 Å². The van der Waals surface area contributed by atoms with Gasteiger partial charge in [-0.2, -0.15) is 5.01 Å². The molecule has 0 radical (unpaired) electrons. The molecule has 0 aliphatic carbocycles. The highest BCUT2D eigenvalue weighted by Crippen LogP contribution is 2.37. The van der Waals surface area contributed by atoms with Crippen molar-refractivity contribution in [3.8, 4) is 11.5 Å². The van der Waals surface area contributed by atoms with Gasteiger partial charge in [0.2, 0.25) is 18.0 Å². The Labute approximate surface area is 180 Å². The summed E-state index contributed by atoms with van der Waals surface area (Å²) in [6.45, 7) is 3.83. The van der Waals surface area contributed by atoms with E-state index < -0.39 is 18.2 Å². The van der Waals surface area contributed by atoms with Gasteiger partial charge in [-0.1, -0.05) is 18.2 Å². The summed E-state index contributed by atoms with van der Waals surface area (Å²) in [6, 6.07) is 12.1. The number of carbonyl (C=O) groups excluding carboxylic acids is 3. The van der Waals surface area contributed by atoms with Crippen LogP contribution in [0.25, 0.3) is 0 Å². The first-order valence-electron chi connectivity index (χ1n) is 8.57. The van der Waals surface area contributed by atoms with Crippen LogP contribution in [0.2, 0.25) is 0 Å². The quantitative estimate of drug-likeness (QED) is 0.357. The average molecular weight is 508 g/mol. The van der Waals surface area contributed by atoms with Gasteiger partial charge in [-0.3, -0.25) is 14.4 Å². The molecule has 0 bridgehead atoms. The van der Waals surface area contributed by atoms with E-state index in [1.807, 2.05) is 24.3 Å². The Hall–Kier alpha value is -2.95. The lowest BCUT2D eigenvalue weighted by Crippen LogP contribution is -2.25. The zero-order chi connectivity index (χ0) is 21.1. The van der Waals surface area contributed by atoms with Gasteiger partial charge >= 0.3 is 11.9 Å². The van der Waals surface area contributed by atoms with Crippen molar-refractivity contribution in [3.63, 3.8) is 0 Å². The summed E-state index contributed by atoms with van der Waals surface area (Å²) in [5, 5.41) is 5.48. The lowest BCUT2D eigenvalue weighted by atomic mass is 10.1. The smallest absolute Gasteiger partial charge is 0.308 e. The molecule has 0 N–H and O–H groups in total. The minimum absolute atomic E-state index is 0.0132. The number of nitrogens with zero attached hydrogens (tertiary/aromatic N) is 2. The number of hydrogen-bond acceptors (Lipinski definition) is 7. The Kier molecular flexibility index (Phi) is 6.16. The van der Waals surface area contributed by atoms with Crippen LogP contribution in [-0.2, 0) is 19.1 Å². The van der Waals surface area contributed by atoms with Crippen molar-refractivity contribution in [2.75, 3.05) is 0 Å². The minimum atomic E-state index is -0.778.